The van der Waals surface area contributed by atoms with Crippen molar-refractivity contribution in [3.05, 3.63) is 47.7 Å². The van der Waals surface area contributed by atoms with Crippen LogP contribution in [0, 0.1) is 6.92 Å². The second-order valence-corrected chi connectivity index (χ2v) is 5.26. The molecule has 5 heteroatoms. The van der Waals surface area contributed by atoms with Crippen LogP contribution in [0.1, 0.15) is 17.7 Å². The fourth-order valence-electron chi connectivity index (χ4n) is 1.56. The number of rotatable bonds is 6. The summed E-state index contributed by atoms with van der Waals surface area (Å²) in [6.07, 6.45) is 0.476. The topological polar surface area (TPSA) is 55.1 Å². The first-order valence-corrected chi connectivity index (χ1v) is 7.24. The van der Waals surface area contributed by atoms with E-state index in [0.29, 0.717) is 18.0 Å². The van der Waals surface area contributed by atoms with Gasteiger partial charge in [-0.15, -0.1) is 0 Å². The van der Waals surface area contributed by atoms with E-state index in [9.17, 15) is 4.79 Å². The van der Waals surface area contributed by atoms with E-state index in [2.05, 4.69) is 22.6 Å². The van der Waals surface area contributed by atoms with E-state index >= 15 is 0 Å². The molecule has 2 rings (SSSR count). The molecular formula is C14H16N2O2S. The number of aryl methyl sites for hydroxylation is 1. The minimum Gasteiger partial charge on any atom is -0.360 e. The van der Waals surface area contributed by atoms with Crippen molar-refractivity contribution in [1.82, 2.24) is 5.16 Å². The Bertz CT molecular complexity index is 525. The van der Waals surface area contributed by atoms with Crippen molar-refractivity contribution in [2.24, 2.45) is 0 Å². The van der Waals surface area contributed by atoms with E-state index in [4.69, 9.17) is 4.52 Å². The molecule has 0 aliphatic carbocycles. The summed E-state index contributed by atoms with van der Waals surface area (Å²) in [4.78, 5) is 11.6. The molecule has 0 unspecified atom stereocenters. The number of nitrogens with zero attached hydrogens (tertiary/aromatic N) is 1. The Balaban J connectivity index is 1.64. The van der Waals surface area contributed by atoms with Crippen LogP contribution in [-0.4, -0.2) is 16.8 Å². The van der Waals surface area contributed by atoms with Gasteiger partial charge in [0.15, 0.2) is 5.82 Å². The highest BCUT2D eigenvalue weighted by Crippen LogP contribution is 2.13. The molecule has 0 radical (unpaired) electrons. The number of nitrogens with one attached hydrogen (secondary N) is 1. The van der Waals surface area contributed by atoms with Gasteiger partial charge >= 0.3 is 0 Å². The van der Waals surface area contributed by atoms with Gasteiger partial charge in [-0.25, -0.2) is 0 Å². The Kier molecular flexibility index (Phi) is 5.03. The number of carbonyl (C=O) groups excluding carboxylic acids is 1. The van der Waals surface area contributed by atoms with Gasteiger partial charge in [0.05, 0.1) is 0 Å². The Hall–Kier alpha value is -1.75. The smallest absolute Gasteiger partial charge is 0.226 e. The first-order valence-electron chi connectivity index (χ1n) is 6.09. The molecule has 1 amide bonds. The SMILES string of the molecule is Cc1cc(NC(=O)CCSCc2ccccc2)no1. The van der Waals surface area contributed by atoms with E-state index in [1.807, 2.05) is 18.2 Å². The van der Waals surface area contributed by atoms with Crippen LogP contribution in [0.25, 0.3) is 0 Å². The third-order valence-electron chi connectivity index (χ3n) is 2.48. The lowest BCUT2D eigenvalue weighted by Gasteiger charge is -2.02. The summed E-state index contributed by atoms with van der Waals surface area (Å²) < 4.78 is 4.88. The van der Waals surface area contributed by atoms with Gasteiger partial charge in [0, 0.05) is 24.0 Å². The third kappa shape index (κ3) is 4.79. The third-order valence-corrected chi connectivity index (χ3v) is 3.51. The van der Waals surface area contributed by atoms with Crippen LogP contribution >= 0.6 is 11.8 Å². The summed E-state index contributed by atoms with van der Waals surface area (Å²) in [6.45, 7) is 1.79. The fourth-order valence-corrected chi connectivity index (χ4v) is 2.46. The summed E-state index contributed by atoms with van der Waals surface area (Å²) >= 11 is 1.75. The van der Waals surface area contributed by atoms with Crippen molar-refractivity contribution in [3.8, 4) is 0 Å². The van der Waals surface area contributed by atoms with Gasteiger partial charge in [0.25, 0.3) is 0 Å². The first-order chi connectivity index (χ1) is 9.24. The van der Waals surface area contributed by atoms with Gasteiger partial charge < -0.3 is 9.84 Å². The van der Waals surface area contributed by atoms with Crippen LogP contribution in [-0.2, 0) is 10.5 Å². The standard InChI is InChI=1S/C14H16N2O2S/c1-11-9-13(16-18-11)15-14(17)7-8-19-10-12-5-3-2-4-6-12/h2-6,9H,7-8,10H2,1H3,(H,15,16,17). The van der Waals surface area contributed by atoms with Gasteiger partial charge in [-0.05, 0) is 12.5 Å². The van der Waals surface area contributed by atoms with Gasteiger partial charge in [0.2, 0.25) is 5.91 Å². The number of hydrogen-bond donors (Lipinski definition) is 1. The molecule has 1 N–H and O–H groups in total. The summed E-state index contributed by atoms with van der Waals surface area (Å²) in [5, 5.41) is 6.42. The van der Waals surface area contributed by atoms with Crippen molar-refractivity contribution in [3.63, 3.8) is 0 Å². The number of aromatic nitrogens is 1. The number of benzene rings is 1. The first kappa shape index (κ1) is 13.7. The highest BCUT2D eigenvalue weighted by Gasteiger charge is 2.05. The Morgan fingerprint density at radius 2 is 2.16 bits per heavy atom. The van der Waals surface area contributed by atoms with E-state index in [0.717, 1.165) is 11.5 Å². The molecule has 0 aliphatic rings. The second kappa shape index (κ2) is 6.99. The number of amides is 1. The summed E-state index contributed by atoms with van der Waals surface area (Å²) in [7, 11) is 0. The molecule has 0 spiro atoms. The maximum atomic E-state index is 11.6. The maximum absolute atomic E-state index is 11.6. The molecule has 1 heterocycles. The van der Waals surface area contributed by atoms with E-state index in [-0.39, 0.29) is 5.91 Å². The zero-order chi connectivity index (χ0) is 13.5. The van der Waals surface area contributed by atoms with Crippen LogP contribution in [0.15, 0.2) is 40.9 Å². The van der Waals surface area contributed by atoms with Crippen molar-refractivity contribution in [2.75, 3.05) is 11.1 Å². The predicted molar refractivity (Wildman–Crippen MR) is 77.1 cm³/mol. The number of carbonyl (C=O) groups is 1. The fraction of sp³-hybridized carbons (Fsp3) is 0.286. The lowest BCUT2D eigenvalue weighted by molar-refractivity contribution is -0.115. The Morgan fingerprint density at radius 3 is 2.84 bits per heavy atom. The molecule has 0 saturated heterocycles. The Morgan fingerprint density at radius 1 is 1.37 bits per heavy atom. The van der Waals surface area contributed by atoms with Gasteiger partial charge in [-0.3, -0.25) is 4.79 Å². The molecular weight excluding hydrogens is 260 g/mol. The van der Waals surface area contributed by atoms with E-state index < -0.39 is 0 Å². The van der Waals surface area contributed by atoms with Crippen molar-refractivity contribution in [2.45, 2.75) is 19.1 Å². The van der Waals surface area contributed by atoms with Crippen molar-refractivity contribution in [1.29, 1.82) is 0 Å². The molecule has 4 nitrogen and oxygen atoms in total. The predicted octanol–water partition coefficient (Wildman–Crippen LogP) is 3.25. The number of anilines is 1. The zero-order valence-corrected chi connectivity index (χ0v) is 11.6. The lowest BCUT2D eigenvalue weighted by atomic mass is 10.2. The van der Waals surface area contributed by atoms with Crippen molar-refractivity contribution >= 4 is 23.5 Å². The van der Waals surface area contributed by atoms with Crippen LogP contribution in [0.3, 0.4) is 0 Å². The molecule has 1 aromatic heterocycles. The molecule has 0 aliphatic heterocycles. The van der Waals surface area contributed by atoms with Crippen LogP contribution < -0.4 is 5.32 Å². The minimum absolute atomic E-state index is 0.0335. The highest BCUT2D eigenvalue weighted by molar-refractivity contribution is 7.98. The molecule has 2 aromatic rings. The highest BCUT2D eigenvalue weighted by atomic mass is 32.2. The quantitative estimate of drug-likeness (QED) is 0.823. The molecule has 0 fully saturated rings. The van der Waals surface area contributed by atoms with Gasteiger partial charge in [0.1, 0.15) is 5.76 Å². The summed E-state index contributed by atoms with van der Waals surface area (Å²) in [5.74, 6) is 2.85. The largest absolute Gasteiger partial charge is 0.360 e. The average Bonchev–Trinajstić information content (AvgIpc) is 2.81. The second-order valence-electron chi connectivity index (χ2n) is 4.16. The van der Waals surface area contributed by atoms with Crippen LogP contribution in [0.5, 0.6) is 0 Å². The van der Waals surface area contributed by atoms with Crippen LogP contribution in [0.2, 0.25) is 0 Å². The maximum Gasteiger partial charge on any atom is 0.226 e. The molecule has 19 heavy (non-hydrogen) atoms. The molecule has 0 atom stereocenters. The van der Waals surface area contributed by atoms with E-state index in [1.165, 1.54) is 5.56 Å². The minimum atomic E-state index is -0.0335. The van der Waals surface area contributed by atoms with Crippen molar-refractivity contribution < 1.29 is 9.32 Å². The average molecular weight is 276 g/mol. The lowest BCUT2D eigenvalue weighted by Crippen LogP contribution is -2.12. The van der Waals surface area contributed by atoms with Gasteiger partial charge in [-0.1, -0.05) is 35.5 Å². The summed E-state index contributed by atoms with van der Waals surface area (Å²) in [6, 6.07) is 11.9. The van der Waals surface area contributed by atoms with Gasteiger partial charge in [-0.2, -0.15) is 11.8 Å². The van der Waals surface area contributed by atoms with E-state index in [1.54, 1.807) is 24.8 Å². The number of thioether (sulfide) groups is 1. The molecule has 100 valence electrons. The normalized spacial score (nSPS) is 10.4. The molecule has 0 bridgehead atoms. The van der Waals surface area contributed by atoms with Crippen LogP contribution in [0.4, 0.5) is 5.82 Å². The summed E-state index contributed by atoms with van der Waals surface area (Å²) in [5.41, 5.74) is 1.28. The zero-order valence-electron chi connectivity index (χ0n) is 10.8. The molecule has 0 saturated carbocycles. The molecule has 1 aromatic carbocycles. The Labute approximate surface area is 116 Å². The number of hydrogen-bond acceptors (Lipinski definition) is 4. The monoisotopic (exact) mass is 276 g/mol.